The van der Waals surface area contributed by atoms with Gasteiger partial charge in [-0.1, -0.05) is 23.2 Å². The zero-order valence-electron chi connectivity index (χ0n) is 13.5. The number of anilines is 1. The van der Waals surface area contributed by atoms with E-state index in [0.717, 1.165) is 0 Å². The Kier molecular flexibility index (Phi) is 6.55. The molecule has 0 spiro atoms. The van der Waals surface area contributed by atoms with Crippen LogP contribution in [0.2, 0.25) is 10.0 Å². The summed E-state index contributed by atoms with van der Waals surface area (Å²) in [5.74, 6) is -1.05. The smallest absolute Gasteiger partial charge is 0.344 e. The summed E-state index contributed by atoms with van der Waals surface area (Å²) in [4.78, 5) is 32.3. The van der Waals surface area contributed by atoms with Gasteiger partial charge in [-0.3, -0.25) is 4.79 Å². The van der Waals surface area contributed by atoms with Crippen LogP contribution < -0.4 is 10.1 Å². The molecule has 0 fully saturated rings. The number of nitrogens with zero attached hydrogens (tertiary/aromatic N) is 2. The Labute approximate surface area is 154 Å². The highest BCUT2D eigenvalue weighted by Crippen LogP contribution is 2.23. The van der Waals surface area contributed by atoms with Crippen LogP contribution in [0.4, 0.5) is 5.82 Å². The molecular weight excluding hydrogens is 369 g/mol. The fourth-order valence-electron chi connectivity index (χ4n) is 1.80. The van der Waals surface area contributed by atoms with E-state index in [4.69, 9.17) is 32.7 Å². The summed E-state index contributed by atoms with van der Waals surface area (Å²) in [6.45, 7) is 3.53. The molecule has 1 amide bonds. The van der Waals surface area contributed by atoms with Crippen molar-refractivity contribution >= 4 is 40.9 Å². The molecule has 132 valence electrons. The van der Waals surface area contributed by atoms with Gasteiger partial charge >= 0.3 is 5.97 Å². The first-order valence-corrected chi connectivity index (χ1v) is 8.08. The van der Waals surface area contributed by atoms with Crippen LogP contribution in [-0.2, 0) is 9.53 Å². The molecule has 1 N–H and O–H groups in total. The fraction of sp³-hybridized carbons (Fsp3) is 0.250. The van der Waals surface area contributed by atoms with Gasteiger partial charge in [0.15, 0.2) is 11.9 Å². The predicted molar refractivity (Wildman–Crippen MR) is 93.2 cm³/mol. The van der Waals surface area contributed by atoms with Gasteiger partial charge in [-0.25, -0.2) is 14.8 Å². The SMILES string of the molecule is CCOc1ncccc1C(=O)O[C@@H](C)C(=O)Nc1ncc(Cl)cc1Cl. The summed E-state index contributed by atoms with van der Waals surface area (Å²) in [7, 11) is 0. The van der Waals surface area contributed by atoms with E-state index in [2.05, 4.69) is 15.3 Å². The molecule has 2 rings (SSSR count). The summed E-state index contributed by atoms with van der Waals surface area (Å²) >= 11 is 11.7. The number of hydrogen-bond acceptors (Lipinski definition) is 6. The van der Waals surface area contributed by atoms with Crippen LogP contribution in [0, 0.1) is 0 Å². The summed E-state index contributed by atoms with van der Waals surface area (Å²) in [5.41, 5.74) is 0.131. The Hall–Kier alpha value is -2.38. The number of carbonyl (C=O) groups is 2. The maximum Gasteiger partial charge on any atom is 0.344 e. The number of amides is 1. The van der Waals surface area contributed by atoms with Gasteiger partial charge in [0.2, 0.25) is 5.88 Å². The van der Waals surface area contributed by atoms with Crippen molar-refractivity contribution < 1.29 is 19.1 Å². The second-order valence-electron chi connectivity index (χ2n) is 4.81. The Morgan fingerprint density at radius 3 is 2.76 bits per heavy atom. The first-order valence-electron chi connectivity index (χ1n) is 7.33. The number of esters is 1. The standard InChI is InChI=1S/C16H15Cl2N3O4/c1-3-24-15-11(5-4-6-19-15)16(23)25-9(2)14(22)21-13-12(18)7-10(17)8-20-13/h4-9H,3H2,1-2H3,(H,20,21,22)/t9-/m0/s1. The monoisotopic (exact) mass is 383 g/mol. The lowest BCUT2D eigenvalue weighted by Gasteiger charge is -2.14. The van der Waals surface area contributed by atoms with Crippen molar-refractivity contribution in [1.29, 1.82) is 0 Å². The van der Waals surface area contributed by atoms with Crippen LogP contribution in [0.1, 0.15) is 24.2 Å². The Morgan fingerprint density at radius 1 is 1.32 bits per heavy atom. The van der Waals surface area contributed by atoms with Gasteiger partial charge in [0.1, 0.15) is 5.56 Å². The van der Waals surface area contributed by atoms with Crippen molar-refractivity contribution in [3.8, 4) is 5.88 Å². The minimum Gasteiger partial charge on any atom is -0.477 e. The number of rotatable bonds is 6. The van der Waals surface area contributed by atoms with Crippen molar-refractivity contribution in [2.75, 3.05) is 11.9 Å². The van der Waals surface area contributed by atoms with Crippen molar-refractivity contribution in [1.82, 2.24) is 9.97 Å². The van der Waals surface area contributed by atoms with Gasteiger partial charge in [-0.05, 0) is 32.0 Å². The lowest BCUT2D eigenvalue weighted by molar-refractivity contribution is -0.123. The molecule has 0 unspecified atom stereocenters. The zero-order valence-corrected chi connectivity index (χ0v) is 15.0. The number of halogens is 2. The highest BCUT2D eigenvalue weighted by molar-refractivity contribution is 6.36. The lowest BCUT2D eigenvalue weighted by Crippen LogP contribution is -2.30. The van der Waals surface area contributed by atoms with Gasteiger partial charge in [-0.15, -0.1) is 0 Å². The highest BCUT2D eigenvalue weighted by Gasteiger charge is 2.22. The molecule has 0 aliphatic carbocycles. The van der Waals surface area contributed by atoms with Crippen LogP contribution in [0.15, 0.2) is 30.6 Å². The molecule has 1 atom stereocenters. The molecule has 2 heterocycles. The van der Waals surface area contributed by atoms with Crippen molar-refractivity contribution in [2.45, 2.75) is 20.0 Å². The maximum atomic E-state index is 12.2. The van der Waals surface area contributed by atoms with Gasteiger partial charge in [0.25, 0.3) is 5.91 Å². The third kappa shape index (κ3) is 5.04. The summed E-state index contributed by atoms with van der Waals surface area (Å²) in [6.07, 6.45) is 1.74. The molecule has 2 aromatic rings. The number of pyridine rings is 2. The first kappa shape index (κ1) is 19.0. The molecular formula is C16H15Cl2N3O4. The fourth-order valence-corrected chi connectivity index (χ4v) is 2.23. The molecule has 0 saturated carbocycles. The summed E-state index contributed by atoms with van der Waals surface area (Å²) in [5, 5.41) is 2.98. The third-order valence-corrected chi connectivity index (χ3v) is 3.47. The van der Waals surface area contributed by atoms with E-state index in [1.54, 1.807) is 13.0 Å². The van der Waals surface area contributed by atoms with Crippen LogP contribution in [0.5, 0.6) is 5.88 Å². The number of carbonyl (C=O) groups excluding carboxylic acids is 2. The van der Waals surface area contributed by atoms with Crippen LogP contribution in [0.25, 0.3) is 0 Å². The molecule has 0 aliphatic rings. The number of aromatic nitrogens is 2. The van der Waals surface area contributed by atoms with Crippen LogP contribution in [-0.4, -0.2) is 34.6 Å². The molecule has 0 aromatic carbocycles. The molecule has 9 heteroatoms. The minimum atomic E-state index is -1.09. The summed E-state index contributed by atoms with van der Waals surface area (Å²) < 4.78 is 10.4. The average molecular weight is 384 g/mol. The quantitative estimate of drug-likeness (QED) is 0.768. The van der Waals surface area contributed by atoms with Crippen molar-refractivity contribution in [2.24, 2.45) is 0 Å². The zero-order chi connectivity index (χ0) is 18.4. The topological polar surface area (TPSA) is 90.4 Å². The van der Waals surface area contributed by atoms with Crippen LogP contribution >= 0.6 is 23.2 Å². The lowest BCUT2D eigenvalue weighted by atomic mass is 10.2. The Balaban J connectivity index is 2.04. The van der Waals surface area contributed by atoms with Crippen molar-refractivity contribution in [3.63, 3.8) is 0 Å². The van der Waals surface area contributed by atoms with E-state index in [1.807, 2.05) is 0 Å². The van der Waals surface area contributed by atoms with Crippen molar-refractivity contribution in [3.05, 3.63) is 46.2 Å². The van der Waals surface area contributed by atoms with E-state index >= 15 is 0 Å². The summed E-state index contributed by atoms with van der Waals surface area (Å²) in [6, 6.07) is 4.51. The second kappa shape index (κ2) is 8.64. The van der Waals surface area contributed by atoms with Crippen LogP contribution in [0.3, 0.4) is 0 Å². The number of nitrogens with one attached hydrogen (secondary N) is 1. The van der Waals surface area contributed by atoms with E-state index in [1.165, 1.54) is 31.5 Å². The normalized spacial score (nSPS) is 11.5. The molecule has 0 radical (unpaired) electrons. The molecule has 25 heavy (non-hydrogen) atoms. The molecule has 2 aromatic heterocycles. The Bertz CT molecular complexity index is 786. The molecule has 0 aliphatic heterocycles. The van der Waals surface area contributed by atoms with Gasteiger partial charge in [0, 0.05) is 12.4 Å². The van der Waals surface area contributed by atoms with Gasteiger partial charge in [-0.2, -0.15) is 0 Å². The number of hydrogen-bond donors (Lipinski definition) is 1. The largest absolute Gasteiger partial charge is 0.477 e. The van der Waals surface area contributed by atoms with E-state index in [0.29, 0.717) is 11.6 Å². The molecule has 0 bridgehead atoms. The van der Waals surface area contributed by atoms with E-state index in [-0.39, 0.29) is 22.3 Å². The second-order valence-corrected chi connectivity index (χ2v) is 5.65. The molecule has 0 saturated heterocycles. The molecule has 7 nitrogen and oxygen atoms in total. The first-order chi connectivity index (χ1) is 11.9. The predicted octanol–water partition coefficient (Wildman–Crippen LogP) is 3.37. The highest BCUT2D eigenvalue weighted by atomic mass is 35.5. The van der Waals surface area contributed by atoms with E-state index in [9.17, 15) is 9.59 Å². The van der Waals surface area contributed by atoms with Gasteiger partial charge < -0.3 is 14.8 Å². The van der Waals surface area contributed by atoms with Gasteiger partial charge in [0.05, 0.1) is 16.7 Å². The Morgan fingerprint density at radius 2 is 2.08 bits per heavy atom. The average Bonchev–Trinajstić information content (AvgIpc) is 2.58. The number of ether oxygens (including phenoxy) is 2. The minimum absolute atomic E-state index is 0.121. The third-order valence-electron chi connectivity index (χ3n) is 2.97. The maximum absolute atomic E-state index is 12.2. The van der Waals surface area contributed by atoms with E-state index < -0.39 is 18.0 Å².